The number of hydrogen-bond acceptors (Lipinski definition) is 4. The van der Waals surface area contributed by atoms with Gasteiger partial charge in [0, 0.05) is 23.8 Å². The molecule has 0 unspecified atom stereocenters. The minimum atomic E-state index is -3.72. The Hall–Kier alpha value is -1.12. The van der Waals surface area contributed by atoms with E-state index in [0.717, 1.165) is 0 Å². The Kier molecular flexibility index (Phi) is 5.17. The van der Waals surface area contributed by atoms with Crippen molar-refractivity contribution in [3.63, 3.8) is 0 Å². The summed E-state index contributed by atoms with van der Waals surface area (Å²) in [6, 6.07) is 4.43. The number of carbonyl (C=O) groups excluding carboxylic acids is 1. The number of nitrogens with two attached hydrogens (primary N) is 1. The van der Waals surface area contributed by atoms with Crippen LogP contribution in [-0.4, -0.2) is 27.9 Å². The van der Waals surface area contributed by atoms with Crippen molar-refractivity contribution in [2.24, 2.45) is 5.41 Å². The number of nitrogens with one attached hydrogen (secondary N) is 2. The first-order valence-corrected chi connectivity index (χ1v) is 8.14. The molecule has 0 bridgehead atoms. The molecule has 0 radical (unpaired) electrons. The summed E-state index contributed by atoms with van der Waals surface area (Å²) in [7, 11) is -2.21. The summed E-state index contributed by atoms with van der Waals surface area (Å²) in [5.74, 6) is -0.239. The zero-order valence-electron chi connectivity index (χ0n) is 11.5. The van der Waals surface area contributed by atoms with E-state index in [1.807, 2.05) is 0 Å². The molecule has 112 valence electrons. The van der Waals surface area contributed by atoms with Gasteiger partial charge in [0.15, 0.2) is 0 Å². The SMILES string of the molecule is CNC(=O)C(C)(C)CNS(=O)(=O)c1ccc(N)cc1Br. The predicted octanol–water partition coefficient (Wildman–Crippen LogP) is 1.08. The van der Waals surface area contributed by atoms with Crippen LogP contribution in [0, 0.1) is 5.41 Å². The van der Waals surface area contributed by atoms with Crippen molar-refractivity contribution in [2.75, 3.05) is 19.3 Å². The highest BCUT2D eigenvalue weighted by Gasteiger charge is 2.29. The Bertz CT molecular complexity index is 614. The molecule has 1 aromatic rings. The average Bonchev–Trinajstić information content (AvgIpc) is 2.35. The number of halogens is 1. The number of nitrogen functional groups attached to an aromatic ring is 1. The average molecular weight is 364 g/mol. The third-order valence-electron chi connectivity index (χ3n) is 2.79. The van der Waals surface area contributed by atoms with Crippen LogP contribution < -0.4 is 15.8 Å². The molecule has 0 aliphatic heterocycles. The van der Waals surface area contributed by atoms with E-state index in [-0.39, 0.29) is 17.3 Å². The van der Waals surface area contributed by atoms with Crippen molar-refractivity contribution in [2.45, 2.75) is 18.7 Å². The summed E-state index contributed by atoms with van der Waals surface area (Å²) in [5.41, 5.74) is 5.19. The van der Waals surface area contributed by atoms with Crippen LogP contribution in [-0.2, 0) is 14.8 Å². The number of carbonyl (C=O) groups is 1. The molecule has 0 aliphatic carbocycles. The van der Waals surface area contributed by atoms with E-state index in [2.05, 4.69) is 26.0 Å². The smallest absolute Gasteiger partial charge is 0.241 e. The van der Waals surface area contributed by atoms with Crippen LogP contribution in [0.5, 0.6) is 0 Å². The third-order valence-corrected chi connectivity index (χ3v) is 5.17. The minimum Gasteiger partial charge on any atom is -0.399 e. The number of hydrogen-bond donors (Lipinski definition) is 3. The molecule has 1 rings (SSSR count). The highest BCUT2D eigenvalue weighted by molar-refractivity contribution is 9.10. The molecular weight excluding hydrogens is 346 g/mol. The molecule has 0 fully saturated rings. The van der Waals surface area contributed by atoms with Gasteiger partial charge in [0.25, 0.3) is 0 Å². The van der Waals surface area contributed by atoms with Gasteiger partial charge in [0.05, 0.1) is 10.3 Å². The van der Waals surface area contributed by atoms with E-state index in [1.54, 1.807) is 13.8 Å². The topological polar surface area (TPSA) is 101 Å². The van der Waals surface area contributed by atoms with Crippen molar-refractivity contribution < 1.29 is 13.2 Å². The molecule has 0 spiro atoms. The van der Waals surface area contributed by atoms with E-state index in [1.165, 1.54) is 25.2 Å². The largest absolute Gasteiger partial charge is 0.399 e. The van der Waals surface area contributed by atoms with Gasteiger partial charge in [-0.3, -0.25) is 4.79 Å². The molecule has 20 heavy (non-hydrogen) atoms. The minimum absolute atomic E-state index is 0.00811. The van der Waals surface area contributed by atoms with E-state index in [9.17, 15) is 13.2 Å². The van der Waals surface area contributed by atoms with Crippen LogP contribution in [0.4, 0.5) is 5.69 Å². The first kappa shape index (κ1) is 16.9. The van der Waals surface area contributed by atoms with E-state index >= 15 is 0 Å². The van der Waals surface area contributed by atoms with Crippen LogP contribution in [0.3, 0.4) is 0 Å². The molecule has 0 saturated heterocycles. The second kappa shape index (κ2) is 6.11. The molecule has 0 atom stereocenters. The first-order valence-electron chi connectivity index (χ1n) is 5.87. The third kappa shape index (κ3) is 3.94. The molecule has 4 N–H and O–H groups in total. The van der Waals surface area contributed by atoms with Gasteiger partial charge in [-0.25, -0.2) is 13.1 Å². The maximum atomic E-state index is 12.2. The van der Waals surface area contributed by atoms with Gasteiger partial charge in [0.2, 0.25) is 15.9 Å². The van der Waals surface area contributed by atoms with Gasteiger partial charge in [-0.1, -0.05) is 0 Å². The van der Waals surface area contributed by atoms with Gasteiger partial charge in [0.1, 0.15) is 0 Å². The Morgan fingerprint density at radius 1 is 1.40 bits per heavy atom. The second-order valence-electron chi connectivity index (χ2n) is 4.98. The summed E-state index contributed by atoms with van der Waals surface area (Å²) in [5, 5.41) is 2.50. The summed E-state index contributed by atoms with van der Waals surface area (Å²) >= 11 is 3.17. The number of benzene rings is 1. The fourth-order valence-electron chi connectivity index (χ4n) is 1.51. The van der Waals surface area contributed by atoms with Crippen LogP contribution in [0.25, 0.3) is 0 Å². The lowest BCUT2D eigenvalue weighted by atomic mass is 9.93. The van der Waals surface area contributed by atoms with Gasteiger partial charge >= 0.3 is 0 Å². The predicted molar refractivity (Wildman–Crippen MR) is 81.6 cm³/mol. The van der Waals surface area contributed by atoms with Crippen molar-refractivity contribution in [1.29, 1.82) is 0 Å². The molecular formula is C12H18BrN3O3S. The number of amides is 1. The molecule has 1 amide bonds. The number of anilines is 1. The Morgan fingerprint density at radius 2 is 2.00 bits per heavy atom. The maximum Gasteiger partial charge on any atom is 0.241 e. The molecule has 8 heteroatoms. The van der Waals surface area contributed by atoms with Crippen LogP contribution in [0.2, 0.25) is 0 Å². The number of sulfonamides is 1. The quantitative estimate of drug-likeness (QED) is 0.681. The highest BCUT2D eigenvalue weighted by Crippen LogP contribution is 2.24. The summed E-state index contributed by atoms with van der Waals surface area (Å²) in [6.45, 7) is 3.31. The van der Waals surface area contributed by atoms with Gasteiger partial charge in [-0.05, 0) is 48.0 Å². The molecule has 0 heterocycles. The number of rotatable bonds is 5. The Morgan fingerprint density at radius 3 is 2.50 bits per heavy atom. The summed E-state index contributed by atoms with van der Waals surface area (Å²) in [6.07, 6.45) is 0. The monoisotopic (exact) mass is 363 g/mol. The van der Waals surface area contributed by atoms with Crippen molar-refractivity contribution in [3.8, 4) is 0 Å². The van der Waals surface area contributed by atoms with Crippen molar-refractivity contribution in [3.05, 3.63) is 22.7 Å². The van der Waals surface area contributed by atoms with Crippen molar-refractivity contribution in [1.82, 2.24) is 10.0 Å². The fraction of sp³-hybridized carbons (Fsp3) is 0.417. The van der Waals surface area contributed by atoms with Crippen molar-refractivity contribution >= 4 is 37.5 Å². The van der Waals surface area contributed by atoms with Crippen LogP contribution in [0.15, 0.2) is 27.6 Å². The van der Waals surface area contributed by atoms with Crippen LogP contribution >= 0.6 is 15.9 Å². The zero-order chi connectivity index (χ0) is 15.6. The maximum absolute atomic E-state index is 12.2. The summed E-state index contributed by atoms with van der Waals surface area (Å²) in [4.78, 5) is 11.7. The van der Waals surface area contributed by atoms with Gasteiger partial charge in [-0.2, -0.15) is 0 Å². The highest BCUT2D eigenvalue weighted by atomic mass is 79.9. The van der Waals surface area contributed by atoms with E-state index in [4.69, 9.17) is 5.73 Å². The molecule has 0 saturated carbocycles. The lowest BCUT2D eigenvalue weighted by Crippen LogP contribution is -2.43. The molecule has 6 nitrogen and oxygen atoms in total. The van der Waals surface area contributed by atoms with Gasteiger partial charge in [-0.15, -0.1) is 0 Å². The lowest BCUT2D eigenvalue weighted by molar-refractivity contribution is -0.128. The van der Waals surface area contributed by atoms with E-state index in [0.29, 0.717) is 10.2 Å². The standard InChI is InChI=1S/C12H18BrN3O3S/c1-12(2,11(17)15-3)7-16-20(18,19)10-5-4-8(14)6-9(10)13/h4-6,16H,7,14H2,1-3H3,(H,15,17). The Labute approximate surface area is 127 Å². The fourth-order valence-corrected chi connectivity index (χ4v) is 3.81. The van der Waals surface area contributed by atoms with Crippen LogP contribution in [0.1, 0.15) is 13.8 Å². The lowest BCUT2D eigenvalue weighted by Gasteiger charge is -2.23. The second-order valence-corrected chi connectivity index (χ2v) is 7.57. The molecule has 1 aromatic carbocycles. The normalized spacial score (nSPS) is 12.2. The van der Waals surface area contributed by atoms with E-state index < -0.39 is 15.4 Å². The Balaban J connectivity index is 2.94. The zero-order valence-corrected chi connectivity index (χ0v) is 13.9. The molecule has 0 aromatic heterocycles. The molecule has 0 aliphatic rings. The van der Waals surface area contributed by atoms with Gasteiger partial charge < -0.3 is 11.1 Å². The summed E-state index contributed by atoms with van der Waals surface area (Å²) < 4.78 is 27.2. The first-order chi connectivity index (χ1) is 9.10.